The molecule has 0 saturated heterocycles. The SMILES string of the molecule is Cc1nc(C(=O)N2CCc3c(COCc4ccncc4)cncc3C2)cs1. The van der Waals surface area contributed by atoms with Crippen molar-refractivity contribution in [2.45, 2.75) is 33.1 Å². The number of carbonyl (C=O) groups excluding carboxylic acids is 1. The summed E-state index contributed by atoms with van der Waals surface area (Å²) in [5.74, 6) is -0.00987. The number of pyridine rings is 2. The average Bonchev–Trinajstić information content (AvgIpc) is 3.14. The number of aromatic nitrogens is 3. The van der Waals surface area contributed by atoms with Gasteiger partial charge in [0.2, 0.25) is 0 Å². The van der Waals surface area contributed by atoms with Crippen molar-refractivity contribution in [1.82, 2.24) is 19.9 Å². The molecule has 4 rings (SSSR count). The normalized spacial score (nSPS) is 13.4. The van der Waals surface area contributed by atoms with Crippen LogP contribution in [0.5, 0.6) is 0 Å². The summed E-state index contributed by atoms with van der Waals surface area (Å²) in [7, 11) is 0. The molecule has 0 radical (unpaired) electrons. The summed E-state index contributed by atoms with van der Waals surface area (Å²) in [6.07, 6.45) is 8.06. The van der Waals surface area contributed by atoms with E-state index in [0.29, 0.717) is 32.0 Å². The number of thiazole rings is 1. The lowest BCUT2D eigenvalue weighted by atomic mass is 9.97. The van der Waals surface area contributed by atoms with Gasteiger partial charge in [-0.15, -0.1) is 11.3 Å². The van der Waals surface area contributed by atoms with Gasteiger partial charge in [0.1, 0.15) is 5.69 Å². The van der Waals surface area contributed by atoms with Gasteiger partial charge in [0.25, 0.3) is 5.91 Å². The minimum atomic E-state index is -0.00987. The van der Waals surface area contributed by atoms with E-state index in [9.17, 15) is 4.79 Å². The average molecular weight is 380 g/mol. The van der Waals surface area contributed by atoms with Gasteiger partial charge in [-0.2, -0.15) is 0 Å². The number of carbonyl (C=O) groups is 1. The Morgan fingerprint density at radius 2 is 2.07 bits per heavy atom. The van der Waals surface area contributed by atoms with E-state index in [1.54, 1.807) is 12.4 Å². The predicted octanol–water partition coefficient (Wildman–Crippen LogP) is 3.16. The lowest BCUT2D eigenvalue weighted by Gasteiger charge is -2.29. The van der Waals surface area contributed by atoms with E-state index in [4.69, 9.17) is 4.74 Å². The molecule has 0 spiro atoms. The number of nitrogens with zero attached hydrogens (tertiary/aromatic N) is 4. The number of amides is 1. The van der Waals surface area contributed by atoms with Crippen LogP contribution in [-0.4, -0.2) is 32.3 Å². The maximum Gasteiger partial charge on any atom is 0.273 e. The zero-order valence-corrected chi connectivity index (χ0v) is 15.9. The second-order valence-electron chi connectivity index (χ2n) is 6.51. The van der Waals surface area contributed by atoms with Gasteiger partial charge in [0.05, 0.1) is 18.2 Å². The molecule has 0 atom stereocenters. The number of ether oxygens (including phenoxy) is 1. The Kier molecular flexibility index (Phi) is 5.22. The molecular formula is C20H20N4O2S. The Labute approximate surface area is 161 Å². The molecule has 3 aromatic rings. The summed E-state index contributed by atoms with van der Waals surface area (Å²) in [6.45, 7) is 4.21. The van der Waals surface area contributed by atoms with Crippen molar-refractivity contribution in [1.29, 1.82) is 0 Å². The van der Waals surface area contributed by atoms with E-state index >= 15 is 0 Å². The Morgan fingerprint density at radius 3 is 2.85 bits per heavy atom. The first-order chi connectivity index (χ1) is 13.2. The van der Waals surface area contributed by atoms with Crippen molar-refractivity contribution < 1.29 is 9.53 Å². The number of hydrogen-bond donors (Lipinski definition) is 0. The van der Waals surface area contributed by atoms with E-state index < -0.39 is 0 Å². The molecular weight excluding hydrogens is 360 g/mol. The van der Waals surface area contributed by atoms with Gasteiger partial charge >= 0.3 is 0 Å². The lowest BCUT2D eigenvalue weighted by molar-refractivity contribution is 0.0726. The standard InChI is InChI=1S/C20H20N4O2S/c1-14-23-19(13-27-14)20(25)24-7-4-18-16(10-24)8-22-9-17(18)12-26-11-15-2-5-21-6-3-15/h2-3,5-6,8-9,13H,4,7,10-12H2,1H3. The molecule has 0 aliphatic carbocycles. The van der Waals surface area contributed by atoms with E-state index in [1.165, 1.54) is 16.9 Å². The summed E-state index contributed by atoms with van der Waals surface area (Å²) in [5.41, 5.74) is 5.06. The molecule has 0 N–H and O–H groups in total. The molecule has 0 fully saturated rings. The summed E-state index contributed by atoms with van der Waals surface area (Å²) in [4.78, 5) is 27.2. The zero-order valence-electron chi connectivity index (χ0n) is 15.1. The summed E-state index contributed by atoms with van der Waals surface area (Å²) >= 11 is 1.50. The highest BCUT2D eigenvalue weighted by Crippen LogP contribution is 2.24. The van der Waals surface area contributed by atoms with Crippen LogP contribution in [0.15, 0.2) is 42.3 Å². The lowest BCUT2D eigenvalue weighted by Crippen LogP contribution is -2.36. The van der Waals surface area contributed by atoms with Gasteiger partial charge in [-0.05, 0) is 47.7 Å². The molecule has 1 aliphatic rings. The molecule has 1 amide bonds. The van der Waals surface area contributed by atoms with Crippen LogP contribution in [0.3, 0.4) is 0 Å². The highest BCUT2D eigenvalue weighted by atomic mass is 32.1. The Hall–Kier alpha value is -2.64. The van der Waals surface area contributed by atoms with Crippen LogP contribution in [0.25, 0.3) is 0 Å². The van der Waals surface area contributed by atoms with Crippen molar-refractivity contribution in [3.05, 3.63) is 75.3 Å². The molecule has 4 heterocycles. The molecule has 1 aliphatic heterocycles. The van der Waals surface area contributed by atoms with Crippen molar-refractivity contribution >= 4 is 17.2 Å². The van der Waals surface area contributed by atoms with E-state index in [1.807, 2.05) is 41.7 Å². The first-order valence-electron chi connectivity index (χ1n) is 8.83. The maximum absolute atomic E-state index is 12.7. The van der Waals surface area contributed by atoms with Crippen LogP contribution in [0, 0.1) is 6.92 Å². The number of hydrogen-bond acceptors (Lipinski definition) is 6. The van der Waals surface area contributed by atoms with Crippen LogP contribution in [0.4, 0.5) is 0 Å². The highest BCUT2D eigenvalue weighted by Gasteiger charge is 2.25. The smallest absolute Gasteiger partial charge is 0.273 e. The number of aryl methyl sites for hydroxylation is 1. The number of fused-ring (bicyclic) bond motifs is 1. The first kappa shape index (κ1) is 17.8. The second-order valence-corrected chi connectivity index (χ2v) is 7.58. The van der Waals surface area contributed by atoms with Crippen LogP contribution < -0.4 is 0 Å². The minimum absolute atomic E-state index is 0.00987. The molecule has 0 bridgehead atoms. The first-order valence-corrected chi connectivity index (χ1v) is 9.71. The minimum Gasteiger partial charge on any atom is -0.372 e. The molecule has 0 unspecified atom stereocenters. The third-order valence-electron chi connectivity index (χ3n) is 4.63. The fraction of sp³-hybridized carbons (Fsp3) is 0.300. The topological polar surface area (TPSA) is 68.2 Å². The Morgan fingerprint density at radius 1 is 1.22 bits per heavy atom. The van der Waals surface area contributed by atoms with Crippen LogP contribution in [0.1, 0.15) is 37.7 Å². The molecule has 0 aromatic carbocycles. The third-order valence-corrected chi connectivity index (χ3v) is 5.40. The highest BCUT2D eigenvalue weighted by molar-refractivity contribution is 7.09. The summed E-state index contributed by atoms with van der Waals surface area (Å²) in [5, 5.41) is 2.74. The Balaban J connectivity index is 1.42. The van der Waals surface area contributed by atoms with Gasteiger partial charge < -0.3 is 9.64 Å². The van der Waals surface area contributed by atoms with E-state index in [2.05, 4.69) is 15.0 Å². The van der Waals surface area contributed by atoms with Crippen LogP contribution >= 0.6 is 11.3 Å². The van der Waals surface area contributed by atoms with Gasteiger partial charge in [0.15, 0.2) is 0 Å². The largest absolute Gasteiger partial charge is 0.372 e. The zero-order chi connectivity index (χ0) is 18.6. The van der Waals surface area contributed by atoms with Gasteiger partial charge in [-0.3, -0.25) is 14.8 Å². The molecule has 138 valence electrons. The van der Waals surface area contributed by atoms with Gasteiger partial charge in [-0.25, -0.2) is 4.98 Å². The fourth-order valence-electron chi connectivity index (χ4n) is 3.25. The monoisotopic (exact) mass is 380 g/mol. The van der Waals surface area contributed by atoms with E-state index in [0.717, 1.165) is 28.1 Å². The van der Waals surface area contributed by atoms with Gasteiger partial charge in [0, 0.05) is 43.3 Å². The maximum atomic E-state index is 12.7. The quantitative estimate of drug-likeness (QED) is 0.680. The van der Waals surface area contributed by atoms with Gasteiger partial charge in [-0.1, -0.05) is 0 Å². The molecule has 27 heavy (non-hydrogen) atoms. The molecule has 3 aromatic heterocycles. The molecule has 6 nitrogen and oxygen atoms in total. The fourth-order valence-corrected chi connectivity index (χ4v) is 3.83. The number of rotatable bonds is 5. The van der Waals surface area contributed by atoms with Crippen LogP contribution in [0.2, 0.25) is 0 Å². The van der Waals surface area contributed by atoms with Crippen molar-refractivity contribution in [2.75, 3.05) is 6.54 Å². The summed E-state index contributed by atoms with van der Waals surface area (Å²) < 4.78 is 5.86. The van der Waals surface area contributed by atoms with Crippen LogP contribution in [-0.2, 0) is 30.9 Å². The summed E-state index contributed by atoms with van der Waals surface area (Å²) in [6, 6.07) is 3.89. The van der Waals surface area contributed by atoms with E-state index in [-0.39, 0.29) is 5.91 Å². The second kappa shape index (κ2) is 7.94. The third kappa shape index (κ3) is 4.04. The predicted molar refractivity (Wildman–Crippen MR) is 102 cm³/mol. The molecule has 0 saturated carbocycles. The van der Waals surface area contributed by atoms with Crippen molar-refractivity contribution in [3.63, 3.8) is 0 Å². The Bertz CT molecular complexity index is 942. The van der Waals surface area contributed by atoms with Crippen molar-refractivity contribution in [3.8, 4) is 0 Å². The molecule has 7 heteroatoms. The van der Waals surface area contributed by atoms with Crippen molar-refractivity contribution in [2.24, 2.45) is 0 Å².